The van der Waals surface area contributed by atoms with Gasteiger partial charge in [0, 0.05) is 5.56 Å². The lowest BCUT2D eigenvalue weighted by atomic mass is 10.1. The van der Waals surface area contributed by atoms with Crippen LogP contribution in [0, 0.1) is 0 Å². The van der Waals surface area contributed by atoms with E-state index in [4.69, 9.17) is 22.7 Å². The highest BCUT2D eigenvalue weighted by Crippen LogP contribution is 2.12. The molecule has 0 spiro atoms. The Morgan fingerprint density at radius 2 is 2.11 bits per heavy atom. The number of rotatable bonds is 9. The molecule has 0 amide bonds. The summed E-state index contributed by atoms with van der Waals surface area (Å²) in [6, 6.07) is 7.96. The fraction of sp³-hybridized carbons (Fsp3) is 0.562. The molecule has 106 valence electrons. The lowest BCUT2D eigenvalue weighted by molar-refractivity contribution is 0.0459. The monoisotopic (exact) mass is 279 g/mol. The van der Waals surface area contributed by atoms with Crippen LogP contribution < -0.4 is 5.73 Å². The highest BCUT2D eigenvalue weighted by Gasteiger charge is 2.04. The van der Waals surface area contributed by atoms with Crippen LogP contribution in [-0.4, -0.2) is 11.1 Å². The van der Waals surface area contributed by atoms with E-state index in [0.717, 1.165) is 17.5 Å². The summed E-state index contributed by atoms with van der Waals surface area (Å²) in [5, 5.41) is 0. The minimum atomic E-state index is 0.311. The lowest BCUT2D eigenvalue weighted by Gasteiger charge is -2.13. The Balaban J connectivity index is 2.31. The third-order valence-electron chi connectivity index (χ3n) is 3.21. The van der Waals surface area contributed by atoms with E-state index in [0.29, 0.717) is 17.7 Å². The first-order valence-corrected chi connectivity index (χ1v) is 7.54. The van der Waals surface area contributed by atoms with E-state index < -0.39 is 0 Å². The van der Waals surface area contributed by atoms with Gasteiger partial charge in [0.05, 0.1) is 12.7 Å². The molecule has 1 aromatic carbocycles. The Kier molecular flexibility index (Phi) is 7.68. The molecular weight excluding hydrogens is 254 g/mol. The van der Waals surface area contributed by atoms with Crippen molar-refractivity contribution >= 4 is 17.2 Å². The summed E-state index contributed by atoms with van der Waals surface area (Å²) in [7, 11) is 0. The molecule has 1 atom stereocenters. The summed E-state index contributed by atoms with van der Waals surface area (Å²) in [6.07, 6.45) is 6.60. The molecule has 19 heavy (non-hydrogen) atoms. The van der Waals surface area contributed by atoms with Gasteiger partial charge in [-0.05, 0) is 25.0 Å². The van der Waals surface area contributed by atoms with Crippen molar-refractivity contribution in [2.75, 3.05) is 0 Å². The number of benzene rings is 1. The number of unbranched alkanes of at least 4 members (excludes halogenated alkanes) is 3. The van der Waals surface area contributed by atoms with Gasteiger partial charge in [0.15, 0.2) is 0 Å². The van der Waals surface area contributed by atoms with Gasteiger partial charge in [0.25, 0.3) is 0 Å². The van der Waals surface area contributed by atoms with Crippen LogP contribution in [0.5, 0.6) is 0 Å². The molecule has 0 saturated carbocycles. The van der Waals surface area contributed by atoms with Gasteiger partial charge in [-0.25, -0.2) is 0 Å². The predicted molar refractivity (Wildman–Crippen MR) is 85.3 cm³/mol. The Morgan fingerprint density at radius 3 is 2.79 bits per heavy atom. The van der Waals surface area contributed by atoms with Gasteiger partial charge < -0.3 is 10.5 Å². The zero-order chi connectivity index (χ0) is 14.1. The average Bonchev–Trinajstić information content (AvgIpc) is 2.41. The van der Waals surface area contributed by atoms with Crippen LogP contribution in [0.4, 0.5) is 0 Å². The van der Waals surface area contributed by atoms with Crippen LogP contribution in [-0.2, 0) is 11.3 Å². The van der Waals surface area contributed by atoms with Crippen LogP contribution in [0.25, 0.3) is 0 Å². The molecule has 0 aliphatic heterocycles. The SMILES string of the molecule is CCCCCCC(C)OCc1cccc(C(N)=S)c1. The maximum absolute atomic E-state index is 5.86. The number of nitrogens with two attached hydrogens (primary N) is 1. The van der Waals surface area contributed by atoms with Crippen molar-refractivity contribution in [1.82, 2.24) is 0 Å². The van der Waals surface area contributed by atoms with Crippen molar-refractivity contribution in [1.29, 1.82) is 0 Å². The van der Waals surface area contributed by atoms with E-state index in [1.54, 1.807) is 0 Å². The fourth-order valence-corrected chi connectivity index (χ4v) is 2.12. The summed E-state index contributed by atoms with van der Waals surface area (Å²) in [5.74, 6) is 0. The molecule has 3 heteroatoms. The molecule has 0 bridgehead atoms. The van der Waals surface area contributed by atoms with E-state index >= 15 is 0 Å². The smallest absolute Gasteiger partial charge is 0.103 e. The maximum Gasteiger partial charge on any atom is 0.103 e. The molecule has 0 saturated heterocycles. The number of hydrogen-bond acceptors (Lipinski definition) is 2. The first kappa shape index (κ1) is 16.1. The largest absolute Gasteiger partial charge is 0.389 e. The van der Waals surface area contributed by atoms with Gasteiger partial charge in [0.2, 0.25) is 0 Å². The molecule has 0 radical (unpaired) electrons. The number of hydrogen-bond donors (Lipinski definition) is 1. The first-order valence-electron chi connectivity index (χ1n) is 7.13. The molecule has 1 aromatic rings. The van der Waals surface area contributed by atoms with Crippen molar-refractivity contribution in [3.63, 3.8) is 0 Å². The third kappa shape index (κ3) is 6.69. The van der Waals surface area contributed by atoms with E-state index in [2.05, 4.69) is 13.8 Å². The molecule has 1 rings (SSSR count). The summed E-state index contributed by atoms with van der Waals surface area (Å²) in [5.41, 5.74) is 7.66. The highest BCUT2D eigenvalue weighted by atomic mass is 32.1. The fourth-order valence-electron chi connectivity index (χ4n) is 1.99. The molecule has 0 aliphatic carbocycles. The minimum absolute atomic E-state index is 0.311. The van der Waals surface area contributed by atoms with Crippen molar-refractivity contribution in [3.8, 4) is 0 Å². The lowest BCUT2D eigenvalue weighted by Crippen LogP contribution is -2.11. The Labute approximate surface area is 122 Å². The minimum Gasteiger partial charge on any atom is -0.389 e. The van der Waals surface area contributed by atoms with E-state index in [-0.39, 0.29) is 0 Å². The molecule has 0 aliphatic rings. The molecule has 0 fully saturated rings. The normalized spacial score (nSPS) is 12.3. The quantitative estimate of drug-likeness (QED) is 0.543. The Morgan fingerprint density at radius 1 is 1.32 bits per heavy atom. The van der Waals surface area contributed by atoms with Crippen LogP contribution in [0.2, 0.25) is 0 Å². The molecule has 0 aromatic heterocycles. The number of ether oxygens (including phenoxy) is 1. The van der Waals surface area contributed by atoms with E-state index in [9.17, 15) is 0 Å². The van der Waals surface area contributed by atoms with E-state index in [1.165, 1.54) is 25.7 Å². The second kappa shape index (κ2) is 9.05. The maximum atomic E-state index is 5.86. The predicted octanol–water partition coefficient (Wildman–Crippen LogP) is 4.20. The zero-order valence-corrected chi connectivity index (χ0v) is 12.8. The first-order chi connectivity index (χ1) is 9.13. The van der Waals surface area contributed by atoms with Crippen molar-refractivity contribution in [2.45, 2.75) is 58.7 Å². The third-order valence-corrected chi connectivity index (χ3v) is 3.45. The standard InChI is InChI=1S/C16H25NOS/c1-3-4-5-6-8-13(2)18-12-14-9-7-10-15(11-14)16(17)19/h7,9-11,13H,3-6,8,12H2,1-2H3,(H2,17,19). The molecule has 2 nitrogen and oxygen atoms in total. The van der Waals surface area contributed by atoms with Crippen LogP contribution in [0.15, 0.2) is 24.3 Å². The van der Waals surface area contributed by atoms with Crippen LogP contribution >= 0.6 is 12.2 Å². The zero-order valence-electron chi connectivity index (χ0n) is 12.0. The number of thiocarbonyl (C=S) groups is 1. The summed E-state index contributed by atoms with van der Waals surface area (Å²) >= 11 is 4.98. The topological polar surface area (TPSA) is 35.2 Å². The van der Waals surface area contributed by atoms with Crippen LogP contribution in [0.3, 0.4) is 0 Å². The highest BCUT2D eigenvalue weighted by molar-refractivity contribution is 7.80. The van der Waals surface area contributed by atoms with Crippen molar-refractivity contribution in [3.05, 3.63) is 35.4 Å². The molecular formula is C16H25NOS. The van der Waals surface area contributed by atoms with Gasteiger partial charge in [0.1, 0.15) is 4.99 Å². The average molecular weight is 279 g/mol. The second-order valence-electron chi connectivity index (χ2n) is 5.04. The van der Waals surface area contributed by atoms with Crippen molar-refractivity contribution < 1.29 is 4.74 Å². The molecule has 2 N–H and O–H groups in total. The molecule has 1 unspecified atom stereocenters. The van der Waals surface area contributed by atoms with Gasteiger partial charge >= 0.3 is 0 Å². The van der Waals surface area contributed by atoms with Gasteiger partial charge in [-0.3, -0.25) is 0 Å². The van der Waals surface area contributed by atoms with Crippen LogP contribution in [0.1, 0.15) is 57.1 Å². The Bertz CT molecular complexity index is 392. The van der Waals surface area contributed by atoms with Crippen molar-refractivity contribution in [2.24, 2.45) is 5.73 Å². The van der Waals surface area contributed by atoms with Gasteiger partial charge in [-0.1, -0.05) is 63.0 Å². The summed E-state index contributed by atoms with van der Waals surface area (Å²) in [4.78, 5) is 0.439. The summed E-state index contributed by atoms with van der Waals surface area (Å²) < 4.78 is 5.86. The second-order valence-corrected chi connectivity index (χ2v) is 5.48. The van der Waals surface area contributed by atoms with Gasteiger partial charge in [-0.2, -0.15) is 0 Å². The van der Waals surface area contributed by atoms with E-state index in [1.807, 2.05) is 24.3 Å². The van der Waals surface area contributed by atoms with Gasteiger partial charge in [-0.15, -0.1) is 0 Å². The molecule has 0 heterocycles. The Hall–Kier alpha value is -0.930. The summed E-state index contributed by atoms with van der Waals surface area (Å²) in [6.45, 7) is 5.00.